The molecule has 0 saturated heterocycles. The van der Waals surface area contributed by atoms with E-state index in [0.29, 0.717) is 17.5 Å². The predicted octanol–water partition coefficient (Wildman–Crippen LogP) is 2.17. The van der Waals surface area contributed by atoms with Crippen LogP contribution >= 0.6 is 11.8 Å². The summed E-state index contributed by atoms with van der Waals surface area (Å²) in [6.07, 6.45) is 0. The van der Waals surface area contributed by atoms with Gasteiger partial charge in [0, 0.05) is 11.8 Å². The van der Waals surface area contributed by atoms with Crippen LogP contribution < -0.4 is 5.56 Å². The van der Waals surface area contributed by atoms with Crippen LogP contribution in [-0.4, -0.2) is 21.9 Å². The van der Waals surface area contributed by atoms with Gasteiger partial charge in [0.2, 0.25) is 0 Å². The lowest BCUT2D eigenvalue weighted by molar-refractivity contribution is 0.181. The van der Waals surface area contributed by atoms with Crippen molar-refractivity contribution >= 4 is 28.0 Å². The molecule has 2 aromatic rings. The van der Waals surface area contributed by atoms with Crippen molar-refractivity contribution in [2.24, 2.45) is 0 Å². The van der Waals surface area contributed by atoms with Gasteiger partial charge < -0.3 is 9.72 Å². The third kappa shape index (κ3) is 2.65. The Labute approximate surface area is 101 Å². The van der Waals surface area contributed by atoms with E-state index in [-0.39, 0.29) is 10.7 Å². The second-order valence-corrected chi connectivity index (χ2v) is 4.10. The molecule has 0 aliphatic heterocycles. The van der Waals surface area contributed by atoms with Crippen molar-refractivity contribution in [2.75, 3.05) is 6.61 Å². The molecule has 17 heavy (non-hydrogen) atoms. The molecule has 0 amide bonds. The SMILES string of the molecule is CCOC(=O)Sc1nc2ccccc2c(=O)[nH]1. The number of thioether (sulfide) groups is 1. The molecule has 0 radical (unpaired) electrons. The van der Waals surface area contributed by atoms with Crippen molar-refractivity contribution in [3.63, 3.8) is 0 Å². The molecule has 0 aliphatic rings. The van der Waals surface area contributed by atoms with Gasteiger partial charge in [0.1, 0.15) is 0 Å². The first-order valence-electron chi connectivity index (χ1n) is 5.04. The average Bonchev–Trinajstić information content (AvgIpc) is 2.29. The molecular weight excluding hydrogens is 240 g/mol. The molecule has 0 unspecified atom stereocenters. The van der Waals surface area contributed by atoms with E-state index in [1.165, 1.54) is 0 Å². The van der Waals surface area contributed by atoms with Gasteiger partial charge in [-0.2, -0.15) is 0 Å². The maximum absolute atomic E-state index is 11.7. The minimum atomic E-state index is -0.481. The Balaban J connectivity index is 2.37. The number of H-pyrrole nitrogens is 1. The second-order valence-electron chi connectivity index (χ2n) is 3.17. The number of hydrogen-bond acceptors (Lipinski definition) is 5. The van der Waals surface area contributed by atoms with E-state index >= 15 is 0 Å². The van der Waals surface area contributed by atoms with Gasteiger partial charge in [-0.3, -0.25) is 4.79 Å². The first-order valence-corrected chi connectivity index (χ1v) is 5.86. The predicted molar refractivity (Wildman–Crippen MR) is 65.2 cm³/mol. The quantitative estimate of drug-likeness (QED) is 0.502. The zero-order valence-electron chi connectivity index (χ0n) is 9.10. The number of rotatable bonds is 2. The first-order chi connectivity index (χ1) is 8.20. The van der Waals surface area contributed by atoms with Crippen LogP contribution in [0.5, 0.6) is 0 Å². The summed E-state index contributed by atoms with van der Waals surface area (Å²) in [6.45, 7) is 2.01. The van der Waals surface area contributed by atoms with Crippen molar-refractivity contribution in [3.8, 4) is 0 Å². The highest BCUT2D eigenvalue weighted by Crippen LogP contribution is 2.16. The lowest BCUT2D eigenvalue weighted by Crippen LogP contribution is -2.10. The van der Waals surface area contributed by atoms with E-state index < -0.39 is 5.30 Å². The van der Waals surface area contributed by atoms with Gasteiger partial charge in [-0.1, -0.05) is 12.1 Å². The Morgan fingerprint density at radius 3 is 3.00 bits per heavy atom. The number of carbonyl (C=O) groups is 1. The molecule has 0 aliphatic carbocycles. The number of benzene rings is 1. The maximum Gasteiger partial charge on any atom is 0.375 e. The van der Waals surface area contributed by atoms with Crippen LogP contribution in [0.2, 0.25) is 0 Å². The molecule has 1 aromatic carbocycles. The lowest BCUT2D eigenvalue weighted by atomic mass is 10.2. The summed E-state index contributed by atoms with van der Waals surface area (Å²) in [6, 6.07) is 6.95. The third-order valence-corrected chi connectivity index (χ3v) is 2.70. The highest BCUT2D eigenvalue weighted by Gasteiger charge is 2.09. The van der Waals surface area contributed by atoms with Crippen LogP contribution in [0.15, 0.2) is 34.2 Å². The normalized spacial score (nSPS) is 10.4. The Morgan fingerprint density at radius 2 is 2.24 bits per heavy atom. The lowest BCUT2D eigenvalue weighted by Gasteiger charge is -2.01. The van der Waals surface area contributed by atoms with Gasteiger partial charge in [-0.25, -0.2) is 9.78 Å². The number of aromatic nitrogens is 2. The van der Waals surface area contributed by atoms with Crippen molar-refractivity contribution in [1.82, 2.24) is 9.97 Å². The van der Waals surface area contributed by atoms with E-state index in [1.54, 1.807) is 31.2 Å². The molecule has 0 fully saturated rings. The Morgan fingerprint density at radius 1 is 1.47 bits per heavy atom. The van der Waals surface area contributed by atoms with Gasteiger partial charge in [0.25, 0.3) is 5.56 Å². The summed E-state index contributed by atoms with van der Waals surface area (Å²) >= 11 is 0.769. The molecular formula is C11H10N2O3S. The molecule has 5 nitrogen and oxygen atoms in total. The Bertz CT molecular complexity index is 609. The topological polar surface area (TPSA) is 72.0 Å². The number of nitrogens with zero attached hydrogens (tertiary/aromatic N) is 1. The number of hydrogen-bond donors (Lipinski definition) is 1. The largest absolute Gasteiger partial charge is 0.458 e. The van der Waals surface area contributed by atoms with Crippen molar-refractivity contribution in [3.05, 3.63) is 34.6 Å². The molecule has 0 spiro atoms. The summed E-state index contributed by atoms with van der Waals surface area (Å²) in [5.41, 5.74) is 0.297. The second kappa shape index (κ2) is 5.01. The van der Waals surface area contributed by atoms with Crippen LogP contribution in [0.3, 0.4) is 0 Å². The molecule has 0 atom stereocenters. The van der Waals surface area contributed by atoms with Gasteiger partial charge in [-0.15, -0.1) is 0 Å². The smallest absolute Gasteiger partial charge is 0.375 e. The van der Waals surface area contributed by atoms with Gasteiger partial charge in [0.15, 0.2) is 5.16 Å². The Hall–Kier alpha value is -1.82. The fraction of sp³-hybridized carbons (Fsp3) is 0.182. The van der Waals surface area contributed by atoms with Crippen LogP contribution in [0.25, 0.3) is 10.9 Å². The minimum Gasteiger partial charge on any atom is -0.458 e. The minimum absolute atomic E-state index is 0.243. The van der Waals surface area contributed by atoms with Gasteiger partial charge in [-0.05, 0) is 19.1 Å². The van der Waals surface area contributed by atoms with Gasteiger partial charge >= 0.3 is 5.30 Å². The van der Waals surface area contributed by atoms with Crippen molar-refractivity contribution in [2.45, 2.75) is 12.1 Å². The molecule has 1 N–H and O–H groups in total. The number of fused-ring (bicyclic) bond motifs is 1. The molecule has 1 aromatic heterocycles. The van der Waals surface area contributed by atoms with Crippen LogP contribution in [-0.2, 0) is 4.74 Å². The molecule has 1 heterocycles. The fourth-order valence-corrected chi connectivity index (χ4v) is 1.96. The molecule has 0 bridgehead atoms. The van der Waals surface area contributed by atoms with E-state index in [1.807, 2.05) is 0 Å². The van der Waals surface area contributed by atoms with E-state index in [4.69, 9.17) is 4.74 Å². The zero-order chi connectivity index (χ0) is 12.3. The fourth-order valence-electron chi connectivity index (χ4n) is 1.34. The van der Waals surface area contributed by atoms with E-state index in [9.17, 15) is 9.59 Å². The van der Waals surface area contributed by atoms with Crippen molar-refractivity contribution < 1.29 is 9.53 Å². The van der Waals surface area contributed by atoms with Crippen LogP contribution in [0.4, 0.5) is 4.79 Å². The van der Waals surface area contributed by atoms with Crippen LogP contribution in [0.1, 0.15) is 6.92 Å². The summed E-state index contributed by atoms with van der Waals surface area (Å²) < 4.78 is 4.76. The molecule has 0 saturated carbocycles. The van der Waals surface area contributed by atoms with Crippen LogP contribution in [0, 0.1) is 0 Å². The number of nitrogens with one attached hydrogen (secondary N) is 1. The average molecular weight is 250 g/mol. The summed E-state index contributed by atoms with van der Waals surface area (Å²) in [7, 11) is 0. The van der Waals surface area contributed by atoms with Gasteiger partial charge in [0.05, 0.1) is 17.5 Å². The standard InChI is InChI=1S/C11H10N2O3S/c1-2-16-11(15)17-10-12-8-6-4-3-5-7(8)9(14)13-10/h3-6H,2H2,1H3,(H,12,13,14). The number of aromatic amines is 1. The summed E-state index contributed by atoms with van der Waals surface area (Å²) in [5.74, 6) is 0. The highest BCUT2D eigenvalue weighted by atomic mass is 32.2. The maximum atomic E-state index is 11.7. The molecule has 2 rings (SSSR count). The summed E-state index contributed by atoms with van der Waals surface area (Å²) in [5, 5.41) is 0.263. The highest BCUT2D eigenvalue weighted by molar-refractivity contribution is 8.13. The zero-order valence-corrected chi connectivity index (χ0v) is 9.91. The molecule has 6 heteroatoms. The molecule has 88 valence electrons. The number of para-hydroxylation sites is 1. The monoisotopic (exact) mass is 250 g/mol. The first kappa shape index (κ1) is 11.7. The Kier molecular flexibility index (Phi) is 3.43. The van der Waals surface area contributed by atoms with Crippen molar-refractivity contribution in [1.29, 1.82) is 0 Å². The van der Waals surface area contributed by atoms with E-state index in [2.05, 4.69) is 9.97 Å². The number of carbonyl (C=O) groups excluding carboxylic acids is 1. The van der Waals surface area contributed by atoms with E-state index in [0.717, 1.165) is 11.8 Å². The third-order valence-electron chi connectivity index (χ3n) is 2.03. The number of ether oxygens (including phenoxy) is 1. The summed E-state index contributed by atoms with van der Waals surface area (Å²) in [4.78, 5) is 29.6.